The summed E-state index contributed by atoms with van der Waals surface area (Å²) in [6.07, 6.45) is 5.55. The van der Waals surface area contributed by atoms with Crippen LogP contribution >= 0.6 is 0 Å². The summed E-state index contributed by atoms with van der Waals surface area (Å²) in [6, 6.07) is 15.6. The molecule has 5 rings (SSSR count). The van der Waals surface area contributed by atoms with E-state index in [4.69, 9.17) is 4.52 Å². The average molecular weight is 486 g/mol. The van der Waals surface area contributed by atoms with Gasteiger partial charge in [-0.25, -0.2) is 4.79 Å². The van der Waals surface area contributed by atoms with Crippen molar-refractivity contribution in [3.05, 3.63) is 83.4 Å². The first-order chi connectivity index (χ1) is 17.5. The summed E-state index contributed by atoms with van der Waals surface area (Å²) in [5, 5.41) is 24.4. The molecule has 0 radical (unpaired) electrons. The molecule has 2 aromatic heterocycles. The third-order valence-electron chi connectivity index (χ3n) is 6.59. The van der Waals surface area contributed by atoms with E-state index in [0.29, 0.717) is 23.5 Å². The van der Waals surface area contributed by atoms with Crippen molar-refractivity contribution in [2.75, 3.05) is 5.32 Å². The van der Waals surface area contributed by atoms with Crippen molar-refractivity contribution >= 4 is 17.6 Å². The minimum absolute atomic E-state index is 0.00407. The van der Waals surface area contributed by atoms with Crippen molar-refractivity contribution < 1.29 is 19.2 Å². The molecule has 36 heavy (non-hydrogen) atoms. The highest BCUT2D eigenvalue weighted by Gasteiger charge is 2.26. The standard InChI is InChI=1S/C27H27N5O4/c1-17-6-2-3-9-19(17)16-28-27(35)32-23(18-7-4-5-8-18)15-22(31-32)21-14-20(10-11-24(21)33)30-26(34)25-12-13-29-36-25/h2-3,6,9-15,18,33H,4-5,7-8,16H2,1H3,(H,28,35)(H,30,34). The zero-order valence-corrected chi connectivity index (χ0v) is 19.9. The van der Waals surface area contributed by atoms with Crippen LogP contribution in [-0.4, -0.2) is 32.0 Å². The van der Waals surface area contributed by atoms with Gasteiger partial charge < -0.3 is 20.3 Å². The molecule has 0 atom stereocenters. The smallest absolute Gasteiger partial charge is 0.342 e. The highest BCUT2D eigenvalue weighted by atomic mass is 16.5. The average Bonchev–Trinajstić information content (AvgIpc) is 3.66. The minimum Gasteiger partial charge on any atom is -0.507 e. The fourth-order valence-corrected chi connectivity index (χ4v) is 4.60. The second-order valence-electron chi connectivity index (χ2n) is 9.00. The molecule has 0 saturated heterocycles. The number of phenols is 1. The number of nitrogens with zero attached hydrogens (tertiary/aromatic N) is 3. The number of amides is 2. The van der Waals surface area contributed by atoms with Gasteiger partial charge in [-0.2, -0.15) is 9.78 Å². The molecule has 0 bridgehead atoms. The Bertz CT molecular complexity index is 1390. The number of phenolic OH excluding ortho intramolecular Hbond substituents is 1. The van der Waals surface area contributed by atoms with Gasteiger partial charge in [-0.05, 0) is 55.2 Å². The SMILES string of the molecule is Cc1ccccc1CNC(=O)n1nc(-c2cc(NC(=O)c3ccno3)ccc2O)cc1C1CCCC1. The molecule has 2 aromatic carbocycles. The summed E-state index contributed by atoms with van der Waals surface area (Å²) in [5.74, 6) is -0.179. The molecular weight excluding hydrogens is 458 g/mol. The van der Waals surface area contributed by atoms with Crippen LogP contribution in [0.15, 0.2) is 65.3 Å². The number of benzene rings is 2. The first-order valence-electron chi connectivity index (χ1n) is 12.0. The summed E-state index contributed by atoms with van der Waals surface area (Å²) < 4.78 is 6.32. The van der Waals surface area contributed by atoms with Crippen LogP contribution in [0.3, 0.4) is 0 Å². The second-order valence-corrected chi connectivity index (χ2v) is 9.00. The predicted molar refractivity (Wildman–Crippen MR) is 134 cm³/mol. The number of aromatic hydroxyl groups is 1. The molecule has 0 spiro atoms. The highest BCUT2D eigenvalue weighted by molar-refractivity contribution is 6.02. The first kappa shape index (κ1) is 23.3. The normalized spacial score (nSPS) is 13.6. The van der Waals surface area contributed by atoms with Crippen LogP contribution in [-0.2, 0) is 6.54 Å². The molecule has 2 amide bonds. The van der Waals surface area contributed by atoms with Crippen LogP contribution in [0.25, 0.3) is 11.3 Å². The van der Waals surface area contributed by atoms with E-state index in [2.05, 4.69) is 20.9 Å². The van der Waals surface area contributed by atoms with Crippen molar-refractivity contribution in [2.24, 2.45) is 0 Å². The van der Waals surface area contributed by atoms with Crippen molar-refractivity contribution in [2.45, 2.75) is 45.1 Å². The van der Waals surface area contributed by atoms with Crippen LogP contribution in [0.2, 0.25) is 0 Å². The molecule has 0 unspecified atom stereocenters. The van der Waals surface area contributed by atoms with Gasteiger partial charge in [0.05, 0.1) is 17.6 Å². The molecule has 1 aliphatic carbocycles. The molecular formula is C27H27N5O4. The Morgan fingerprint density at radius 2 is 1.92 bits per heavy atom. The Morgan fingerprint density at radius 1 is 1.11 bits per heavy atom. The number of carbonyl (C=O) groups excluding carboxylic acids is 2. The van der Waals surface area contributed by atoms with E-state index in [1.165, 1.54) is 23.0 Å². The quantitative estimate of drug-likeness (QED) is 0.322. The Hall–Kier alpha value is -4.40. The fourth-order valence-electron chi connectivity index (χ4n) is 4.60. The van der Waals surface area contributed by atoms with Gasteiger partial charge in [0.1, 0.15) is 5.75 Å². The van der Waals surface area contributed by atoms with Crippen LogP contribution in [0.1, 0.15) is 59.0 Å². The van der Waals surface area contributed by atoms with Crippen molar-refractivity contribution in [1.29, 1.82) is 0 Å². The van der Waals surface area contributed by atoms with Crippen molar-refractivity contribution in [3.63, 3.8) is 0 Å². The lowest BCUT2D eigenvalue weighted by molar-refractivity contribution is 0.0988. The van der Waals surface area contributed by atoms with Gasteiger partial charge in [0.25, 0.3) is 5.91 Å². The van der Waals surface area contributed by atoms with Crippen molar-refractivity contribution in [1.82, 2.24) is 20.3 Å². The molecule has 1 fully saturated rings. The van der Waals surface area contributed by atoms with E-state index in [1.54, 1.807) is 12.1 Å². The summed E-state index contributed by atoms with van der Waals surface area (Å²) in [6.45, 7) is 2.40. The zero-order chi connectivity index (χ0) is 25.1. The lowest BCUT2D eigenvalue weighted by atomic mass is 10.0. The van der Waals surface area contributed by atoms with E-state index in [9.17, 15) is 14.7 Å². The van der Waals surface area contributed by atoms with Gasteiger partial charge in [0, 0.05) is 29.8 Å². The van der Waals surface area contributed by atoms with E-state index >= 15 is 0 Å². The maximum absolute atomic E-state index is 13.2. The van der Waals surface area contributed by atoms with E-state index < -0.39 is 5.91 Å². The predicted octanol–water partition coefficient (Wildman–Crippen LogP) is 5.22. The topological polar surface area (TPSA) is 122 Å². The molecule has 184 valence electrons. The first-order valence-corrected chi connectivity index (χ1v) is 12.0. The molecule has 1 saturated carbocycles. The number of anilines is 1. The van der Waals surface area contributed by atoms with Gasteiger partial charge in [-0.3, -0.25) is 4.79 Å². The van der Waals surface area contributed by atoms with Crippen LogP contribution < -0.4 is 10.6 Å². The lowest BCUT2D eigenvalue weighted by Gasteiger charge is -2.13. The molecule has 9 heteroatoms. The number of hydrogen-bond donors (Lipinski definition) is 3. The van der Waals surface area contributed by atoms with E-state index in [-0.39, 0.29) is 23.5 Å². The lowest BCUT2D eigenvalue weighted by Crippen LogP contribution is -2.31. The Kier molecular flexibility index (Phi) is 6.53. The molecule has 9 nitrogen and oxygen atoms in total. The Balaban J connectivity index is 1.43. The third kappa shape index (κ3) is 4.86. The van der Waals surface area contributed by atoms with Crippen LogP contribution in [0, 0.1) is 6.92 Å². The maximum Gasteiger partial charge on any atom is 0.342 e. The molecule has 2 heterocycles. The summed E-state index contributed by atoms with van der Waals surface area (Å²) in [7, 11) is 0. The second kappa shape index (κ2) is 10.1. The number of carbonyl (C=O) groups is 2. The number of hydrogen-bond acceptors (Lipinski definition) is 6. The summed E-state index contributed by atoms with van der Waals surface area (Å²) >= 11 is 0. The molecule has 1 aliphatic rings. The molecule has 0 aliphatic heterocycles. The number of rotatable bonds is 6. The van der Waals surface area contributed by atoms with E-state index in [0.717, 1.165) is 42.5 Å². The summed E-state index contributed by atoms with van der Waals surface area (Å²) in [4.78, 5) is 25.6. The summed E-state index contributed by atoms with van der Waals surface area (Å²) in [5.41, 5.74) is 4.27. The molecule has 4 aromatic rings. The van der Waals surface area contributed by atoms with Gasteiger partial charge >= 0.3 is 6.03 Å². The van der Waals surface area contributed by atoms with Gasteiger partial charge in [0.2, 0.25) is 5.76 Å². The maximum atomic E-state index is 13.2. The number of aryl methyl sites for hydroxylation is 1. The Morgan fingerprint density at radius 3 is 2.67 bits per heavy atom. The highest BCUT2D eigenvalue weighted by Crippen LogP contribution is 2.38. The number of aromatic nitrogens is 3. The van der Waals surface area contributed by atoms with Crippen molar-refractivity contribution in [3.8, 4) is 17.0 Å². The minimum atomic E-state index is -0.461. The number of nitrogens with one attached hydrogen (secondary N) is 2. The molecule has 3 N–H and O–H groups in total. The largest absolute Gasteiger partial charge is 0.507 e. The van der Waals surface area contributed by atoms with Crippen LogP contribution in [0.5, 0.6) is 5.75 Å². The third-order valence-corrected chi connectivity index (χ3v) is 6.59. The van der Waals surface area contributed by atoms with Gasteiger partial charge in [-0.15, -0.1) is 0 Å². The van der Waals surface area contributed by atoms with Crippen LogP contribution in [0.4, 0.5) is 10.5 Å². The van der Waals surface area contributed by atoms with Gasteiger partial charge in [0.15, 0.2) is 0 Å². The zero-order valence-electron chi connectivity index (χ0n) is 19.9. The van der Waals surface area contributed by atoms with E-state index in [1.807, 2.05) is 37.3 Å². The Labute approximate surface area is 208 Å². The monoisotopic (exact) mass is 485 g/mol. The fraction of sp³-hybridized carbons (Fsp3) is 0.259. The van der Waals surface area contributed by atoms with Gasteiger partial charge in [-0.1, -0.05) is 42.3 Å².